The van der Waals surface area contributed by atoms with Gasteiger partial charge in [-0.1, -0.05) is 0 Å². The summed E-state index contributed by atoms with van der Waals surface area (Å²) in [6, 6.07) is 4.04. The Labute approximate surface area is 104 Å². The van der Waals surface area contributed by atoms with Crippen molar-refractivity contribution in [2.24, 2.45) is 0 Å². The summed E-state index contributed by atoms with van der Waals surface area (Å²) in [4.78, 5) is 10.6. The molecule has 94 valence electrons. The Kier molecular flexibility index (Phi) is 2.47. The molecule has 0 aliphatic carbocycles. The Morgan fingerprint density at radius 3 is 3.17 bits per heavy atom. The monoisotopic (exact) mass is 245 g/mol. The van der Waals surface area contributed by atoms with Crippen molar-refractivity contribution in [1.29, 1.82) is 0 Å². The zero-order valence-electron chi connectivity index (χ0n) is 10.2. The summed E-state index contributed by atoms with van der Waals surface area (Å²) < 4.78 is 2.06. The van der Waals surface area contributed by atoms with Gasteiger partial charge in [-0.05, 0) is 37.5 Å². The number of carbonyl (C=O) groups is 1. The number of hydrogen-bond donors (Lipinski definition) is 2. The van der Waals surface area contributed by atoms with E-state index < -0.39 is 5.97 Å². The first-order chi connectivity index (χ1) is 8.65. The third-order valence-electron chi connectivity index (χ3n) is 3.41. The van der Waals surface area contributed by atoms with Crippen LogP contribution in [0.2, 0.25) is 0 Å². The van der Waals surface area contributed by atoms with Crippen LogP contribution >= 0.6 is 0 Å². The van der Waals surface area contributed by atoms with E-state index >= 15 is 0 Å². The number of benzene rings is 1. The lowest BCUT2D eigenvalue weighted by atomic mass is 10.1. The van der Waals surface area contributed by atoms with Gasteiger partial charge in [-0.3, -0.25) is 9.48 Å². The Balaban J connectivity index is 2.02. The molecule has 0 unspecified atom stereocenters. The molecular formula is C13H15N3O2. The number of aromatic nitrogens is 2. The fourth-order valence-electron chi connectivity index (χ4n) is 2.55. The number of fused-ring (bicyclic) bond motifs is 3. The van der Waals surface area contributed by atoms with Crippen molar-refractivity contribution in [2.75, 3.05) is 11.9 Å². The first-order valence-corrected chi connectivity index (χ1v) is 6.11. The van der Waals surface area contributed by atoms with Crippen molar-refractivity contribution in [3.05, 3.63) is 23.4 Å². The smallest absolute Gasteiger partial charge is 0.322 e. The van der Waals surface area contributed by atoms with Crippen LogP contribution in [-0.4, -0.2) is 27.4 Å². The topological polar surface area (TPSA) is 67.2 Å². The Morgan fingerprint density at radius 2 is 2.39 bits per heavy atom. The Morgan fingerprint density at radius 1 is 1.56 bits per heavy atom. The highest BCUT2D eigenvalue weighted by molar-refractivity contribution is 5.87. The number of aryl methyl sites for hydroxylation is 3. The lowest BCUT2D eigenvalue weighted by Crippen LogP contribution is -2.12. The summed E-state index contributed by atoms with van der Waals surface area (Å²) in [5.74, 6) is -0.859. The molecule has 0 spiro atoms. The largest absolute Gasteiger partial charge is 0.480 e. The van der Waals surface area contributed by atoms with E-state index in [1.54, 1.807) is 0 Å². The third-order valence-corrected chi connectivity index (χ3v) is 3.41. The summed E-state index contributed by atoms with van der Waals surface area (Å²) in [7, 11) is 0. The van der Waals surface area contributed by atoms with Crippen molar-refractivity contribution in [3.8, 4) is 0 Å². The van der Waals surface area contributed by atoms with Crippen LogP contribution in [0.4, 0.5) is 5.69 Å². The molecule has 0 bridgehead atoms. The van der Waals surface area contributed by atoms with Gasteiger partial charge >= 0.3 is 5.97 Å². The van der Waals surface area contributed by atoms with E-state index in [1.165, 1.54) is 11.1 Å². The van der Waals surface area contributed by atoms with E-state index in [0.717, 1.165) is 36.2 Å². The van der Waals surface area contributed by atoms with Crippen LogP contribution in [0.5, 0.6) is 0 Å². The average molecular weight is 245 g/mol. The summed E-state index contributed by atoms with van der Waals surface area (Å²) in [5.41, 5.74) is 4.16. The molecule has 0 saturated heterocycles. The van der Waals surface area contributed by atoms with E-state index in [0.29, 0.717) is 0 Å². The maximum atomic E-state index is 10.6. The van der Waals surface area contributed by atoms with E-state index in [1.807, 2.05) is 13.0 Å². The second kappa shape index (κ2) is 4.01. The molecule has 5 nitrogen and oxygen atoms in total. The molecule has 1 aliphatic rings. The number of carboxylic acid groups (broad SMARTS) is 1. The zero-order chi connectivity index (χ0) is 12.7. The van der Waals surface area contributed by atoms with Gasteiger partial charge in [-0.15, -0.1) is 0 Å². The van der Waals surface area contributed by atoms with Crippen molar-refractivity contribution < 1.29 is 9.90 Å². The van der Waals surface area contributed by atoms with Crippen LogP contribution in [0.15, 0.2) is 12.1 Å². The number of rotatable bonds is 3. The van der Waals surface area contributed by atoms with Gasteiger partial charge in [0, 0.05) is 23.3 Å². The highest BCUT2D eigenvalue weighted by Crippen LogP contribution is 2.29. The van der Waals surface area contributed by atoms with Crippen LogP contribution in [0.25, 0.3) is 10.9 Å². The molecule has 0 amide bonds. The van der Waals surface area contributed by atoms with Crippen molar-refractivity contribution in [3.63, 3.8) is 0 Å². The molecule has 2 aromatic rings. The number of carboxylic acids is 1. The summed E-state index contributed by atoms with van der Waals surface area (Å²) >= 11 is 0. The Bertz CT molecular complexity index is 631. The summed E-state index contributed by atoms with van der Waals surface area (Å²) in [6.07, 6.45) is 2.24. The number of nitrogens with zero attached hydrogens (tertiary/aromatic N) is 2. The van der Waals surface area contributed by atoms with Crippen LogP contribution in [-0.2, 0) is 17.8 Å². The van der Waals surface area contributed by atoms with E-state index in [2.05, 4.69) is 21.2 Å². The minimum absolute atomic E-state index is 0.0695. The van der Waals surface area contributed by atoms with Crippen molar-refractivity contribution in [2.45, 2.75) is 26.3 Å². The van der Waals surface area contributed by atoms with Crippen LogP contribution < -0.4 is 5.32 Å². The molecule has 1 aromatic carbocycles. The maximum absolute atomic E-state index is 10.6. The lowest BCUT2D eigenvalue weighted by molar-refractivity contribution is -0.134. The predicted octanol–water partition coefficient (Wildman–Crippen LogP) is 1.79. The Hall–Kier alpha value is -2.04. The van der Waals surface area contributed by atoms with Gasteiger partial charge in [0.15, 0.2) is 0 Å². The van der Waals surface area contributed by atoms with Gasteiger partial charge in [0.25, 0.3) is 0 Å². The van der Waals surface area contributed by atoms with Gasteiger partial charge in [-0.2, -0.15) is 5.10 Å². The van der Waals surface area contributed by atoms with Crippen LogP contribution in [0.1, 0.15) is 17.7 Å². The second-order valence-corrected chi connectivity index (χ2v) is 4.70. The fourth-order valence-corrected chi connectivity index (χ4v) is 2.55. The predicted molar refractivity (Wildman–Crippen MR) is 68.9 cm³/mol. The van der Waals surface area contributed by atoms with Crippen molar-refractivity contribution in [1.82, 2.24) is 9.78 Å². The maximum Gasteiger partial charge on any atom is 0.322 e. The van der Waals surface area contributed by atoms with Gasteiger partial charge in [0.1, 0.15) is 6.54 Å². The van der Waals surface area contributed by atoms with E-state index in [-0.39, 0.29) is 6.54 Å². The molecule has 2 N–H and O–H groups in total. The molecule has 0 radical (unpaired) electrons. The fraction of sp³-hybridized carbons (Fsp3) is 0.385. The number of aliphatic carboxylic acids is 1. The average Bonchev–Trinajstić information content (AvgIpc) is 2.87. The standard InChI is InChI=1S/C13H15N3O2/c1-8-5-9-11(6-10(8)14-7-13(17)18)15-16-4-2-3-12(9)16/h5-6,14H,2-4,7H2,1H3,(H,17,18). The highest BCUT2D eigenvalue weighted by atomic mass is 16.4. The zero-order valence-corrected chi connectivity index (χ0v) is 10.2. The van der Waals surface area contributed by atoms with Gasteiger partial charge in [0.2, 0.25) is 0 Å². The number of anilines is 1. The molecule has 5 heteroatoms. The number of hydrogen-bond acceptors (Lipinski definition) is 3. The second-order valence-electron chi connectivity index (χ2n) is 4.70. The lowest BCUT2D eigenvalue weighted by Gasteiger charge is -2.07. The molecular weight excluding hydrogens is 230 g/mol. The minimum atomic E-state index is -0.859. The molecule has 0 saturated carbocycles. The molecule has 2 heterocycles. The van der Waals surface area contributed by atoms with E-state index in [9.17, 15) is 4.79 Å². The summed E-state index contributed by atoms with van der Waals surface area (Å²) in [6.45, 7) is 2.91. The molecule has 0 atom stereocenters. The minimum Gasteiger partial charge on any atom is -0.480 e. The first-order valence-electron chi connectivity index (χ1n) is 6.11. The molecule has 1 aliphatic heterocycles. The quantitative estimate of drug-likeness (QED) is 0.865. The van der Waals surface area contributed by atoms with E-state index in [4.69, 9.17) is 5.11 Å². The molecule has 0 fully saturated rings. The summed E-state index contributed by atoms with van der Waals surface area (Å²) in [5, 5.41) is 17.4. The highest BCUT2D eigenvalue weighted by Gasteiger charge is 2.17. The van der Waals surface area contributed by atoms with Crippen LogP contribution in [0, 0.1) is 6.92 Å². The molecule has 3 rings (SSSR count). The number of nitrogens with one attached hydrogen (secondary N) is 1. The SMILES string of the molecule is Cc1cc2c3n(nc2cc1NCC(=O)O)CCC3. The molecule has 18 heavy (non-hydrogen) atoms. The van der Waals surface area contributed by atoms with Crippen LogP contribution in [0.3, 0.4) is 0 Å². The van der Waals surface area contributed by atoms with Gasteiger partial charge in [-0.25, -0.2) is 0 Å². The normalized spacial score (nSPS) is 13.8. The first kappa shape index (κ1) is 11.1. The molecule has 1 aromatic heterocycles. The van der Waals surface area contributed by atoms with Gasteiger partial charge < -0.3 is 10.4 Å². The third kappa shape index (κ3) is 1.72. The van der Waals surface area contributed by atoms with Gasteiger partial charge in [0.05, 0.1) is 5.52 Å². The van der Waals surface area contributed by atoms with Crippen molar-refractivity contribution >= 4 is 22.6 Å².